The van der Waals surface area contributed by atoms with Crippen LogP contribution in [0.15, 0.2) is 23.4 Å². The van der Waals surface area contributed by atoms with E-state index in [0.29, 0.717) is 0 Å². The van der Waals surface area contributed by atoms with Crippen LogP contribution in [0.4, 0.5) is 5.69 Å². The van der Waals surface area contributed by atoms with Gasteiger partial charge in [-0.15, -0.1) is 0 Å². The smallest absolute Gasteiger partial charge is 0.260 e. The Morgan fingerprint density at radius 1 is 1.47 bits per heavy atom. The Labute approximate surface area is 102 Å². The molecule has 0 radical (unpaired) electrons. The van der Waals surface area contributed by atoms with Gasteiger partial charge in [-0.3, -0.25) is 0 Å². The summed E-state index contributed by atoms with van der Waals surface area (Å²) in [5.41, 5.74) is 5.77. The third kappa shape index (κ3) is 3.41. The van der Waals surface area contributed by atoms with Gasteiger partial charge in [0.15, 0.2) is 5.03 Å². The zero-order valence-electron chi connectivity index (χ0n) is 10.3. The van der Waals surface area contributed by atoms with Crippen LogP contribution in [0.25, 0.3) is 0 Å². The Hall–Kier alpha value is -1.14. The van der Waals surface area contributed by atoms with Gasteiger partial charge in [0, 0.05) is 12.2 Å². The van der Waals surface area contributed by atoms with Crippen LogP contribution in [-0.2, 0) is 10.0 Å². The largest absolute Gasteiger partial charge is 0.396 e. The van der Waals surface area contributed by atoms with E-state index in [0.717, 1.165) is 6.42 Å². The van der Waals surface area contributed by atoms with Crippen LogP contribution in [0.2, 0.25) is 0 Å². The quantitative estimate of drug-likeness (QED) is 0.834. The second-order valence-electron chi connectivity index (χ2n) is 4.19. The summed E-state index contributed by atoms with van der Waals surface area (Å²) >= 11 is 0. The standard InChI is InChI=1S/C11H19N3O2S/c1-4-8(2)9(3)14-17(15,16)11-10(12)6-5-7-13-11/h5-9,14H,4,12H2,1-3H3. The van der Waals surface area contributed by atoms with E-state index in [1.165, 1.54) is 12.3 Å². The maximum Gasteiger partial charge on any atom is 0.260 e. The molecule has 17 heavy (non-hydrogen) atoms. The zero-order valence-corrected chi connectivity index (χ0v) is 11.2. The number of anilines is 1. The Morgan fingerprint density at radius 3 is 2.65 bits per heavy atom. The van der Waals surface area contributed by atoms with Gasteiger partial charge >= 0.3 is 0 Å². The highest BCUT2D eigenvalue weighted by molar-refractivity contribution is 7.89. The minimum absolute atomic E-state index is 0.102. The molecule has 0 bridgehead atoms. The van der Waals surface area contributed by atoms with Gasteiger partial charge in [0.2, 0.25) is 0 Å². The summed E-state index contributed by atoms with van der Waals surface area (Å²) in [7, 11) is -3.63. The molecule has 5 nitrogen and oxygen atoms in total. The zero-order chi connectivity index (χ0) is 13.1. The number of nitrogens with one attached hydrogen (secondary N) is 1. The van der Waals surface area contributed by atoms with Crippen LogP contribution in [0.1, 0.15) is 27.2 Å². The van der Waals surface area contributed by atoms with Crippen molar-refractivity contribution in [2.24, 2.45) is 5.92 Å². The fraction of sp³-hybridized carbons (Fsp3) is 0.545. The predicted octanol–water partition coefficient (Wildman–Crippen LogP) is 1.38. The van der Waals surface area contributed by atoms with E-state index < -0.39 is 10.0 Å². The van der Waals surface area contributed by atoms with Crippen molar-refractivity contribution in [1.82, 2.24) is 9.71 Å². The van der Waals surface area contributed by atoms with E-state index >= 15 is 0 Å². The SMILES string of the molecule is CCC(C)C(C)NS(=O)(=O)c1ncccc1N. The minimum Gasteiger partial charge on any atom is -0.396 e. The summed E-state index contributed by atoms with van der Waals surface area (Å²) in [6.45, 7) is 5.85. The Morgan fingerprint density at radius 2 is 2.12 bits per heavy atom. The highest BCUT2D eigenvalue weighted by Crippen LogP contribution is 2.16. The van der Waals surface area contributed by atoms with Crippen LogP contribution < -0.4 is 10.5 Å². The van der Waals surface area contributed by atoms with Crippen LogP contribution in [0.5, 0.6) is 0 Å². The molecule has 1 heterocycles. The average Bonchev–Trinajstić information content (AvgIpc) is 2.27. The number of sulfonamides is 1. The number of rotatable bonds is 5. The molecule has 0 aliphatic heterocycles. The number of hydrogen-bond donors (Lipinski definition) is 2. The third-order valence-corrected chi connectivity index (χ3v) is 4.43. The molecule has 6 heteroatoms. The fourth-order valence-corrected chi connectivity index (χ4v) is 2.81. The first-order valence-corrected chi connectivity index (χ1v) is 7.09. The second-order valence-corrected chi connectivity index (χ2v) is 5.82. The second kappa shape index (κ2) is 5.46. The first kappa shape index (κ1) is 13.9. The van der Waals surface area contributed by atoms with Crippen LogP contribution in [0.3, 0.4) is 0 Å². The molecule has 0 amide bonds. The Bertz CT molecular complexity index is 473. The first-order chi connectivity index (χ1) is 7.88. The normalized spacial score (nSPS) is 15.5. The van der Waals surface area contributed by atoms with E-state index in [4.69, 9.17) is 5.73 Å². The fourth-order valence-electron chi connectivity index (χ4n) is 1.40. The minimum atomic E-state index is -3.63. The highest BCUT2D eigenvalue weighted by atomic mass is 32.2. The third-order valence-electron chi connectivity index (χ3n) is 2.89. The molecule has 2 unspecified atom stereocenters. The molecule has 0 spiro atoms. The van der Waals surface area contributed by atoms with Crippen LogP contribution >= 0.6 is 0 Å². The average molecular weight is 257 g/mol. The Balaban J connectivity index is 2.94. The molecule has 1 aromatic heterocycles. The summed E-state index contributed by atoms with van der Waals surface area (Å²) in [4.78, 5) is 3.81. The molecule has 2 atom stereocenters. The van der Waals surface area contributed by atoms with Crippen LogP contribution in [0, 0.1) is 5.92 Å². The summed E-state index contributed by atoms with van der Waals surface area (Å²) in [6, 6.07) is 2.98. The molecular weight excluding hydrogens is 238 g/mol. The van der Waals surface area contributed by atoms with Gasteiger partial charge in [-0.2, -0.15) is 0 Å². The van der Waals surface area contributed by atoms with Crippen molar-refractivity contribution in [3.63, 3.8) is 0 Å². The molecule has 0 saturated carbocycles. The molecular formula is C11H19N3O2S. The van der Waals surface area contributed by atoms with Crippen molar-refractivity contribution in [2.75, 3.05) is 5.73 Å². The molecule has 0 aliphatic rings. The van der Waals surface area contributed by atoms with Gasteiger partial charge in [0.05, 0.1) is 5.69 Å². The number of hydrogen-bond acceptors (Lipinski definition) is 4. The number of nitrogen functional groups attached to an aromatic ring is 1. The summed E-state index contributed by atoms with van der Waals surface area (Å²) in [5, 5.41) is -0.102. The number of nitrogens with two attached hydrogens (primary N) is 1. The van der Waals surface area contributed by atoms with Crippen molar-refractivity contribution < 1.29 is 8.42 Å². The van der Waals surface area contributed by atoms with Gasteiger partial charge in [0.25, 0.3) is 10.0 Å². The van der Waals surface area contributed by atoms with E-state index in [1.807, 2.05) is 20.8 Å². The Kier molecular flexibility index (Phi) is 4.47. The molecule has 0 saturated heterocycles. The van der Waals surface area contributed by atoms with E-state index in [1.54, 1.807) is 6.07 Å². The van der Waals surface area contributed by atoms with Crippen molar-refractivity contribution >= 4 is 15.7 Å². The van der Waals surface area contributed by atoms with Gasteiger partial charge < -0.3 is 5.73 Å². The number of aromatic nitrogens is 1. The monoisotopic (exact) mass is 257 g/mol. The number of pyridine rings is 1. The molecule has 96 valence electrons. The van der Waals surface area contributed by atoms with Crippen molar-refractivity contribution in [3.8, 4) is 0 Å². The molecule has 1 rings (SSSR count). The first-order valence-electron chi connectivity index (χ1n) is 5.61. The predicted molar refractivity (Wildman–Crippen MR) is 67.9 cm³/mol. The van der Waals surface area contributed by atoms with Crippen LogP contribution in [-0.4, -0.2) is 19.4 Å². The highest BCUT2D eigenvalue weighted by Gasteiger charge is 2.23. The van der Waals surface area contributed by atoms with Crippen molar-refractivity contribution in [2.45, 2.75) is 38.3 Å². The van der Waals surface area contributed by atoms with Gasteiger partial charge in [-0.05, 0) is 25.0 Å². The van der Waals surface area contributed by atoms with E-state index in [-0.39, 0.29) is 22.7 Å². The lowest BCUT2D eigenvalue weighted by atomic mass is 10.0. The lowest BCUT2D eigenvalue weighted by molar-refractivity contribution is 0.433. The summed E-state index contributed by atoms with van der Waals surface area (Å²) in [6.07, 6.45) is 2.32. The molecule has 0 aromatic carbocycles. The molecule has 3 N–H and O–H groups in total. The summed E-state index contributed by atoms with van der Waals surface area (Å²) in [5.74, 6) is 0.259. The summed E-state index contributed by atoms with van der Waals surface area (Å²) < 4.78 is 26.7. The maximum absolute atomic E-state index is 12.0. The van der Waals surface area contributed by atoms with Crippen molar-refractivity contribution in [3.05, 3.63) is 18.3 Å². The topological polar surface area (TPSA) is 85.1 Å². The lowest BCUT2D eigenvalue weighted by Gasteiger charge is -2.19. The number of nitrogens with zero attached hydrogens (tertiary/aromatic N) is 1. The molecule has 0 aliphatic carbocycles. The maximum atomic E-state index is 12.0. The van der Waals surface area contributed by atoms with Gasteiger partial charge in [-0.25, -0.2) is 18.1 Å². The van der Waals surface area contributed by atoms with Crippen molar-refractivity contribution in [1.29, 1.82) is 0 Å². The van der Waals surface area contributed by atoms with Gasteiger partial charge in [-0.1, -0.05) is 20.3 Å². The van der Waals surface area contributed by atoms with E-state index in [9.17, 15) is 8.42 Å². The van der Waals surface area contributed by atoms with E-state index in [2.05, 4.69) is 9.71 Å². The molecule has 0 fully saturated rings. The van der Waals surface area contributed by atoms with Gasteiger partial charge in [0.1, 0.15) is 0 Å². The lowest BCUT2D eigenvalue weighted by Crippen LogP contribution is -2.37. The molecule has 1 aromatic rings.